The van der Waals surface area contributed by atoms with Crippen molar-refractivity contribution in [3.8, 4) is 5.88 Å². The van der Waals surface area contributed by atoms with Gasteiger partial charge in [0.1, 0.15) is 12.0 Å². The second kappa shape index (κ2) is 5.86. The summed E-state index contributed by atoms with van der Waals surface area (Å²) in [5.74, 6) is 0.610. The third kappa shape index (κ3) is 3.23. The number of aliphatic hydroxyl groups is 1. The molecule has 0 spiro atoms. The molecule has 0 radical (unpaired) electrons. The largest absolute Gasteiger partial charge is 0.474 e. The molecule has 0 aromatic carbocycles. The van der Waals surface area contributed by atoms with Crippen molar-refractivity contribution in [2.24, 2.45) is 0 Å². The number of thiophene rings is 1. The van der Waals surface area contributed by atoms with E-state index in [9.17, 15) is 5.11 Å². The lowest BCUT2D eigenvalue weighted by Crippen LogP contribution is -2.13. The lowest BCUT2D eigenvalue weighted by Gasteiger charge is -2.06. The zero-order chi connectivity index (χ0) is 14.0. The fraction of sp³-hybridized carbons (Fsp3) is 0.500. The summed E-state index contributed by atoms with van der Waals surface area (Å²) in [5.41, 5.74) is 0. The van der Waals surface area contributed by atoms with Crippen LogP contribution in [-0.4, -0.2) is 28.8 Å². The third-order valence-electron chi connectivity index (χ3n) is 2.62. The normalized spacial score (nSPS) is 14.1. The molecule has 19 heavy (non-hydrogen) atoms. The fourth-order valence-electron chi connectivity index (χ4n) is 1.89. The predicted molar refractivity (Wildman–Crippen MR) is 80.6 cm³/mol. The van der Waals surface area contributed by atoms with Crippen LogP contribution < -0.4 is 9.46 Å². The maximum absolute atomic E-state index is 9.31. The first-order chi connectivity index (χ1) is 8.99. The zero-order valence-electron chi connectivity index (χ0n) is 11.8. The second-order valence-electron chi connectivity index (χ2n) is 5.02. The Hall–Kier alpha value is -1.17. The fourth-order valence-corrected chi connectivity index (χ4v) is 3.82. The van der Waals surface area contributed by atoms with Gasteiger partial charge in [-0.2, -0.15) is 0 Å². The highest BCUT2D eigenvalue weighted by Crippen LogP contribution is 2.38. The molecule has 2 N–H and O–H groups in total. The van der Waals surface area contributed by atoms with E-state index in [1.165, 1.54) is 9.58 Å². The first-order valence-electron chi connectivity index (χ1n) is 6.47. The zero-order valence-corrected chi connectivity index (χ0v) is 12.6. The smallest absolute Gasteiger partial charge is 0.226 e. The van der Waals surface area contributed by atoms with Gasteiger partial charge in [-0.1, -0.05) is 0 Å². The Morgan fingerprint density at radius 1 is 1.42 bits per heavy atom. The van der Waals surface area contributed by atoms with Crippen molar-refractivity contribution in [3.63, 3.8) is 0 Å². The molecular formula is C14H21N2O2S+. The van der Waals surface area contributed by atoms with Crippen molar-refractivity contribution in [1.29, 1.82) is 0 Å². The molecule has 0 aliphatic carbocycles. The molecule has 5 heteroatoms. The monoisotopic (exact) mass is 281 g/mol. The van der Waals surface area contributed by atoms with Crippen molar-refractivity contribution in [1.82, 2.24) is 4.98 Å². The average molecular weight is 281 g/mol. The Labute approximate surface area is 116 Å². The number of nitrogens with one attached hydrogen (secondary N) is 1. The van der Waals surface area contributed by atoms with Gasteiger partial charge in [0.05, 0.1) is 22.8 Å². The lowest BCUT2D eigenvalue weighted by molar-refractivity contribution is 0.121. The van der Waals surface area contributed by atoms with Crippen molar-refractivity contribution in [2.75, 3.05) is 11.3 Å². The summed E-state index contributed by atoms with van der Waals surface area (Å²) in [6.45, 7) is 8.38. The van der Waals surface area contributed by atoms with E-state index in [0.717, 1.165) is 5.39 Å². The Kier molecular flexibility index (Phi) is 4.39. The molecule has 4 nitrogen and oxygen atoms in total. The van der Waals surface area contributed by atoms with Crippen molar-refractivity contribution in [3.05, 3.63) is 23.2 Å². The minimum absolute atomic E-state index is 0.0731. The third-order valence-corrected chi connectivity index (χ3v) is 4.88. The van der Waals surface area contributed by atoms with Gasteiger partial charge < -0.3 is 9.84 Å². The number of nitrogens with zero attached hydrogens (tertiary/aromatic N) is 1. The van der Waals surface area contributed by atoms with Crippen molar-refractivity contribution < 1.29 is 9.84 Å². The first-order valence-corrected chi connectivity index (χ1v) is 7.70. The standard InChI is InChI=1S/C14H21N2O2S/c1-9(2)16-19-11(4)7-12-13(19)5-6-15-14(12)18-8-10(3)17/h5-7,9-10,16-17H,8H2,1-4H3/q+1. The van der Waals surface area contributed by atoms with Crippen LogP contribution in [0, 0.1) is 6.92 Å². The molecule has 0 bridgehead atoms. The van der Waals surface area contributed by atoms with Gasteiger partial charge in [-0.3, -0.25) is 0 Å². The van der Waals surface area contributed by atoms with Gasteiger partial charge in [0.15, 0.2) is 4.88 Å². The van der Waals surface area contributed by atoms with E-state index in [0.29, 0.717) is 11.9 Å². The number of aryl methyl sites for hydroxylation is 1. The molecule has 2 rings (SSSR count). The number of aromatic nitrogens is 1. The van der Waals surface area contributed by atoms with Crippen LogP contribution in [0.3, 0.4) is 0 Å². The molecule has 0 amide bonds. The molecule has 0 saturated heterocycles. The number of fused-ring (bicyclic) bond motifs is 1. The number of rotatable bonds is 5. The number of pyridine rings is 1. The number of ether oxygens (including phenoxy) is 1. The molecule has 2 unspecified atom stereocenters. The molecule has 0 fully saturated rings. The van der Waals surface area contributed by atoms with Crippen LogP contribution in [0.1, 0.15) is 25.6 Å². The van der Waals surface area contributed by atoms with Crippen LogP contribution >= 0.6 is 10.7 Å². The Bertz CT molecular complexity index is 564. The van der Waals surface area contributed by atoms with E-state index in [1.807, 2.05) is 6.07 Å². The number of hydrogen-bond acceptors (Lipinski definition) is 4. The Balaban J connectivity index is 2.40. The van der Waals surface area contributed by atoms with Crippen LogP contribution in [0.15, 0.2) is 18.3 Å². The number of hydrogen-bond donors (Lipinski definition) is 2. The molecular weight excluding hydrogens is 260 g/mol. The summed E-state index contributed by atoms with van der Waals surface area (Å²) >= 11 is 0. The number of aliphatic hydroxyl groups excluding tert-OH is 1. The van der Waals surface area contributed by atoms with E-state index in [2.05, 4.69) is 36.5 Å². The summed E-state index contributed by atoms with van der Waals surface area (Å²) in [5, 5.41) is 10.3. The van der Waals surface area contributed by atoms with Crippen molar-refractivity contribution in [2.45, 2.75) is 39.8 Å². The molecule has 0 saturated carbocycles. The maximum Gasteiger partial charge on any atom is 0.226 e. The average Bonchev–Trinajstić information content (AvgIpc) is 2.63. The van der Waals surface area contributed by atoms with E-state index >= 15 is 0 Å². The highest BCUT2D eigenvalue weighted by Gasteiger charge is 2.22. The second-order valence-corrected chi connectivity index (χ2v) is 6.95. The Morgan fingerprint density at radius 3 is 2.79 bits per heavy atom. The summed E-state index contributed by atoms with van der Waals surface area (Å²) in [6.07, 6.45) is 1.28. The minimum atomic E-state index is -0.490. The molecule has 0 aliphatic rings. The van der Waals surface area contributed by atoms with E-state index in [1.54, 1.807) is 13.1 Å². The van der Waals surface area contributed by atoms with Gasteiger partial charge in [-0.05, 0) is 20.8 Å². The van der Waals surface area contributed by atoms with E-state index in [4.69, 9.17) is 4.74 Å². The summed E-state index contributed by atoms with van der Waals surface area (Å²) in [6, 6.07) is 4.58. The molecule has 0 aliphatic heterocycles. The van der Waals surface area contributed by atoms with Crippen LogP contribution in [-0.2, 0) is 0 Å². The van der Waals surface area contributed by atoms with E-state index < -0.39 is 6.10 Å². The summed E-state index contributed by atoms with van der Waals surface area (Å²) < 4.78 is 10.4. The Morgan fingerprint density at radius 2 is 2.16 bits per heavy atom. The van der Waals surface area contributed by atoms with Crippen LogP contribution in [0.5, 0.6) is 5.88 Å². The topological polar surface area (TPSA) is 54.4 Å². The van der Waals surface area contributed by atoms with Crippen LogP contribution in [0.2, 0.25) is 0 Å². The van der Waals surface area contributed by atoms with Crippen molar-refractivity contribution >= 4 is 20.7 Å². The molecule has 2 aromatic rings. The summed E-state index contributed by atoms with van der Waals surface area (Å²) in [4.78, 5) is 5.56. The molecule has 2 heterocycles. The molecule has 104 valence electrons. The minimum Gasteiger partial charge on any atom is -0.474 e. The maximum atomic E-state index is 9.31. The SMILES string of the molecule is Cc1cc2c(OCC(C)O)nccc2[s+]1NC(C)C. The van der Waals surface area contributed by atoms with Crippen LogP contribution in [0.4, 0.5) is 0 Å². The molecule has 2 aromatic heterocycles. The summed E-state index contributed by atoms with van der Waals surface area (Å²) in [7, 11) is -0.0731. The lowest BCUT2D eigenvalue weighted by atomic mass is 10.3. The van der Waals surface area contributed by atoms with Gasteiger partial charge in [0.2, 0.25) is 10.6 Å². The highest BCUT2D eigenvalue weighted by atomic mass is 32.2. The van der Waals surface area contributed by atoms with E-state index in [-0.39, 0.29) is 17.3 Å². The van der Waals surface area contributed by atoms with Crippen LogP contribution in [0.25, 0.3) is 10.1 Å². The molecule has 2 atom stereocenters. The predicted octanol–water partition coefficient (Wildman–Crippen LogP) is 3.00. The van der Waals surface area contributed by atoms with Gasteiger partial charge in [0.25, 0.3) is 0 Å². The van der Waals surface area contributed by atoms with Gasteiger partial charge >= 0.3 is 0 Å². The quantitative estimate of drug-likeness (QED) is 0.827. The van der Waals surface area contributed by atoms with Gasteiger partial charge in [0, 0.05) is 25.3 Å². The van der Waals surface area contributed by atoms with Gasteiger partial charge in [-0.15, -0.1) is 4.72 Å². The highest BCUT2D eigenvalue weighted by molar-refractivity contribution is 7.39. The first kappa shape index (κ1) is 14.2. The van der Waals surface area contributed by atoms with Gasteiger partial charge in [-0.25, -0.2) is 4.98 Å².